The van der Waals surface area contributed by atoms with Gasteiger partial charge in [0.15, 0.2) is 0 Å². The number of nitrogens with one attached hydrogen (secondary N) is 2. The molecular formula is C15H25ClN4O. The van der Waals surface area contributed by atoms with Crippen LogP contribution in [-0.2, 0) is 0 Å². The molecule has 0 bridgehead atoms. The van der Waals surface area contributed by atoms with Crippen LogP contribution in [0.4, 0.5) is 0 Å². The Morgan fingerprint density at radius 3 is 2.62 bits per heavy atom. The Hall–Kier alpha value is -1.20. The van der Waals surface area contributed by atoms with E-state index < -0.39 is 0 Å². The van der Waals surface area contributed by atoms with Crippen molar-refractivity contribution in [2.75, 3.05) is 13.1 Å². The van der Waals surface area contributed by atoms with Gasteiger partial charge in [-0.25, -0.2) is 9.97 Å². The van der Waals surface area contributed by atoms with E-state index in [4.69, 9.17) is 0 Å². The molecule has 118 valence electrons. The van der Waals surface area contributed by atoms with Gasteiger partial charge in [0.05, 0.1) is 0 Å². The molecule has 1 heterocycles. The van der Waals surface area contributed by atoms with E-state index in [0.717, 1.165) is 6.54 Å². The Morgan fingerprint density at radius 1 is 1.24 bits per heavy atom. The third kappa shape index (κ3) is 6.40. The molecule has 6 heteroatoms. The van der Waals surface area contributed by atoms with Gasteiger partial charge in [0, 0.05) is 25.3 Å². The summed E-state index contributed by atoms with van der Waals surface area (Å²) in [6.07, 6.45) is 9.51. The lowest BCUT2D eigenvalue weighted by Gasteiger charge is -2.16. The molecule has 21 heavy (non-hydrogen) atoms. The number of amides is 1. The lowest BCUT2D eigenvalue weighted by atomic mass is 10.1. The summed E-state index contributed by atoms with van der Waals surface area (Å²) < 4.78 is 0. The summed E-state index contributed by atoms with van der Waals surface area (Å²) in [5, 5.41) is 6.42. The Morgan fingerprint density at radius 2 is 1.95 bits per heavy atom. The molecule has 1 aromatic rings. The number of aromatic nitrogens is 2. The minimum absolute atomic E-state index is 0. The van der Waals surface area contributed by atoms with Crippen molar-refractivity contribution in [3.63, 3.8) is 0 Å². The summed E-state index contributed by atoms with van der Waals surface area (Å²) in [5.41, 5.74) is 0.437. The molecular weight excluding hydrogens is 288 g/mol. The highest BCUT2D eigenvalue weighted by atomic mass is 35.5. The first-order valence-electron chi connectivity index (χ1n) is 7.57. The van der Waals surface area contributed by atoms with Crippen molar-refractivity contribution in [3.8, 4) is 0 Å². The highest BCUT2D eigenvalue weighted by Crippen LogP contribution is 2.16. The van der Waals surface area contributed by atoms with Gasteiger partial charge in [0.25, 0.3) is 5.91 Å². The van der Waals surface area contributed by atoms with Crippen molar-refractivity contribution in [1.82, 2.24) is 20.6 Å². The maximum Gasteiger partial charge on any atom is 0.270 e. The molecule has 1 fully saturated rings. The minimum atomic E-state index is -0.127. The Balaban J connectivity index is 0.00000220. The van der Waals surface area contributed by atoms with Gasteiger partial charge in [-0.15, -0.1) is 12.4 Å². The highest BCUT2D eigenvalue weighted by Gasteiger charge is 2.11. The van der Waals surface area contributed by atoms with Crippen LogP contribution in [-0.4, -0.2) is 35.0 Å². The number of aryl methyl sites for hydroxylation is 1. The van der Waals surface area contributed by atoms with E-state index in [1.54, 1.807) is 19.2 Å². The van der Waals surface area contributed by atoms with Gasteiger partial charge in [0.2, 0.25) is 0 Å². The van der Waals surface area contributed by atoms with Crippen LogP contribution < -0.4 is 10.6 Å². The smallest absolute Gasteiger partial charge is 0.270 e. The zero-order valence-corrected chi connectivity index (χ0v) is 13.4. The van der Waals surface area contributed by atoms with Gasteiger partial charge in [-0.3, -0.25) is 4.79 Å². The molecule has 0 aromatic carbocycles. The fourth-order valence-electron chi connectivity index (χ4n) is 2.61. The van der Waals surface area contributed by atoms with Crippen LogP contribution in [0.3, 0.4) is 0 Å². The molecule has 1 aromatic heterocycles. The van der Waals surface area contributed by atoms with E-state index in [1.165, 1.54) is 38.5 Å². The molecule has 0 unspecified atom stereocenters. The second-order valence-corrected chi connectivity index (χ2v) is 5.39. The van der Waals surface area contributed by atoms with Gasteiger partial charge in [0.1, 0.15) is 11.5 Å². The summed E-state index contributed by atoms with van der Waals surface area (Å²) in [7, 11) is 0. The second-order valence-electron chi connectivity index (χ2n) is 5.39. The number of carbonyl (C=O) groups excluding carboxylic acids is 1. The molecule has 2 N–H and O–H groups in total. The fourth-order valence-corrected chi connectivity index (χ4v) is 2.61. The van der Waals surface area contributed by atoms with Gasteiger partial charge in [-0.1, -0.05) is 25.7 Å². The molecule has 0 spiro atoms. The predicted molar refractivity (Wildman–Crippen MR) is 85.8 cm³/mol. The monoisotopic (exact) mass is 312 g/mol. The zero-order chi connectivity index (χ0) is 14.2. The topological polar surface area (TPSA) is 66.9 Å². The third-order valence-corrected chi connectivity index (χ3v) is 3.71. The normalized spacial score (nSPS) is 15.9. The van der Waals surface area contributed by atoms with E-state index in [0.29, 0.717) is 24.1 Å². The number of carbonyl (C=O) groups is 1. The molecule has 5 nitrogen and oxygen atoms in total. The standard InChI is InChI=1S/C15H24N4O.ClH/c1-12-16-9-8-14(19-12)15(20)18-11-10-17-13-6-4-2-3-5-7-13;/h8-9,13,17H,2-7,10-11H2,1H3,(H,18,20);1H. The largest absolute Gasteiger partial charge is 0.349 e. The maximum absolute atomic E-state index is 11.9. The van der Waals surface area contributed by atoms with Crippen LogP contribution in [0.15, 0.2) is 12.3 Å². The summed E-state index contributed by atoms with van der Waals surface area (Å²) in [6, 6.07) is 2.26. The SMILES string of the molecule is Cc1nccc(C(=O)NCCNC2CCCCCC2)n1.Cl. The van der Waals surface area contributed by atoms with Crippen LogP contribution in [0.2, 0.25) is 0 Å². The molecule has 0 atom stereocenters. The Kier molecular flexibility index (Phi) is 8.23. The molecule has 1 amide bonds. The lowest BCUT2D eigenvalue weighted by molar-refractivity contribution is 0.0948. The van der Waals surface area contributed by atoms with Gasteiger partial charge < -0.3 is 10.6 Å². The van der Waals surface area contributed by atoms with Crippen LogP contribution in [0.25, 0.3) is 0 Å². The predicted octanol–water partition coefficient (Wildman–Crippen LogP) is 2.25. The van der Waals surface area contributed by atoms with Crippen LogP contribution >= 0.6 is 12.4 Å². The quantitative estimate of drug-likeness (QED) is 0.646. The lowest BCUT2D eigenvalue weighted by Crippen LogP contribution is -2.37. The number of halogens is 1. The Bertz CT molecular complexity index is 433. The second kappa shape index (κ2) is 9.68. The van der Waals surface area contributed by atoms with Crippen molar-refractivity contribution < 1.29 is 4.79 Å². The van der Waals surface area contributed by atoms with E-state index in [1.807, 2.05) is 0 Å². The highest BCUT2D eigenvalue weighted by molar-refractivity contribution is 5.92. The maximum atomic E-state index is 11.9. The first-order valence-corrected chi connectivity index (χ1v) is 7.57. The van der Waals surface area contributed by atoms with E-state index in [2.05, 4.69) is 20.6 Å². The summed E-state index contributed by atoms with van der Waals surface area (Å²) >= 11 is 0. The molecule has 1 aliphatic rings. The minimum Gasteiger partial charge on any atom is -0.349 e. The third-order valence-electron chi connectivity index (χ3n) is 3.71. The summed E-state index contributed by atoms with van der Waals surface area (Å²) in [4.78, 5) is 20.0. The number of rotatable bonds is 5. The Labute approximate surface area is 132 Å². The average Bonchev–Trinajstić information content (AvgIpc) is 2.72. The van der Waals surface area contributed by atoms with Crippen LogP contribution in [0.1, 0.15) is 54.8 Å². The number of hydrogen-bond donors (Lipinski definition) is 2. The van der Waals surface area contributed by atoms with Crippen LogP contribution in [0, 0.1) is 6.92 Å². The van der Waals surface area contributed by atoms with Crippen molar-refractivity contribution >= 4 is 18.3 Å². The van der Waals surface area contributed by atoms with E-state index in [9.17, 15) is 4.79 Å². The fraction of sp³-hybridized carbons (Fsp3) is 0.667. The van der Waals surface area contributed by atoms with Crippen molar-refractivity contribution in [1.29, 1.82) is 0 Å². The summed E-state index contributed by atoms with van der Waals surface area (Å²) in [5.74, 6) is 0.493. The van der Waals surface area contributed by atoms with E-state index in [-0.39, 0.29) is 18.3 Å². The molecule has 1 saturated carbocycles. The number of nitrogens with zero attached hydrogens (tertiary/aromatic N) is 2. The zero-order valence-electron chi connectivity index (χ0n) is 12.6. The first-order chi connectivity index (χ1) is 9.75. The van der Waals surface area contributed by atoms with Gasteiger partial charge >= 0.3 is 0 Å². The summed E-state index contributed by atoms with van der Waals surface area (Å²) in [6.45, 7) is 3.24. The molecule has 0 aliphatic heterocycles. The van der Waals surface area contributed by atoms with Crippen LogP contribution in [0.5, 0.6) is 0 Å². The van der Waals surface area contributed by atoms with E-state index >= 15 is 0 Å². The van der Waals surface area contributed by atoms with Crippen molar-refractivity contribution in [3.05, 3.63) is 23.8 Å². The first kappa shape index (κ1) is 17.9. The molecule has 2 rings (SSSR count). The molecule has 0 radical (unpaired) electrons. The number of hydrogen-bond acceptors (Lipinski definition) is 4. The van der Waals surface area contributed by atoms with Gasteiger partial charge in [-0.2, -0.15) is 0 Å². The molecule has 1 aliphatic carbocycles. The van der Waals surface area contributed by atoms with Crippen molar-refractivity contribution in [2.24, 2.45) is 0 Å². The average molecular weight is 313 g/mol. The molecule has 0 saturated heterocycles. The van der Waals surface area contributed by atoms with Gasteiger partial charge in [-0.05, 0) is 25.8 Å². The van der Waals surface area contributed by atoms with Crippen molar-refractivity contribution in [2.45, 2.75) is 51.5 Å².